The van der Waals surface area contributed by atoms with Crippen LogP contribution in [-0.2, 0) is 11.8 Å². The van der Waals surface area contributed by atoms with Crippen molar-refractivity contribution in [3.05, 3.63) is 58.9 Å². The number of rotatable bonds is 3. The van der Waals surface area contributed by atoms with Crippen LogP contribution < -0.4 is 5.32 Å². The Hall–Kier alpha value is -2.80. The van der Waals surface area contributed by atoms with Crippen molar-refractivity contribution in [3.8, 4) is 6.07 Å². The lowest BCUT2D eigenvalue weighted by Crippen LogP contribution is -2.13. The summed E-state index contributed by atoms with van der Waals surface area (Å²) in [4.78, 5) is 12.2. The van der Waals surface area contributed by atoms with Crippen molar-refractivity contribution in [1.29, 1.82) is 5.26 Å². The lowest BCUT2D eigenvalue weighted by atomic mass is 10.1. The number of nitriles is 1. The van der Waals surface area contributed by atoms with Gasteiger partial charge in [-0.05, 0) is 55.3 Å². The van der Waals surface area contributed by atoms with Crippen LogP contribution >= 0.6 is 0 Å². The number of aromatic nitrogens is 1. The molecule has 4 nitrogen and oxygen atoms in total. The van der Waals surface area contributed by atoms with E-state index in [4.69, 9.17) is 0 Å². The average Bonchev–Trinajstić information content (AvgIpc) is 2.80. The molecule has 1 aromatic heterocycles. The van der Waals surface area contributed by atoms with E-state index < -0.39 is 5.91 Å². The predicted octanol–water partition coefficient (Wildman–Crippen LogP) is 3.19. The van der Waals surface area contributed by atoms with Crippen molar-refractivity contribution >= 4 is 17.7 Å². The third kappa shape index (κ3) is 3.61. The molecule has 1 heterocycles. The molecule has 0 spiro atoms. The van der Waals surface area contributed by atoms with Gasteiger partial charge in [0.25, 0.3) is 5.91 Å². The summed E-state index contributed by atoms with van der Waals surface area (Å²) in [7, 11) is 1.86. The molecule has 1 aromatic carbocycles. The molecule has 0 saturated heterocycles. The zero-order valence-electron chi connectivity index (χ0n) is 12.3. The van der Waals surface area contributed by atoms with Crippen LogP contribution in [0.4, 0.5) is 5.69 Å². The molecule has 0 bridgehead atoms. The van der Waals surface area contributed by atoms with Gasteiger partial charge in [0.05, 0.1) is 0 Å². The molecule has 0 aliphatic rings. The third-order valence-electron chi connectivity index (χ3n) is 3.12. The van der Waals surface area contributed by atoms with Gasteiger partial charge in [-0.1, -0.05) is 6.07 Å². The maximum Gasteiger partial charge on any atom is 0.266 e. The highest BCUT2D eigenvalue weighted by Gasteiger charge is 2.10. The summed E-state index contributed by atoms with van der Waals surface area (Å²) in [5, 5.41) is 12.0. The first-order valence-corrected chi connectivity index (χ1v) is 6.62. The minimum atomic E-state index is -0.399. The van der Waals surface area contributed by atoms with E-state index in [1.807, 2.05) is 68.1 Å². The van der Waals surface area contributed by atoms with Crippen LogP contribution in [-0.4, -0.2) is 10.5 Å². The van der Waals surface area contributed by atoms with Crippen LogP contribution in [0.5, 0.6) is 0 Å². The SMILES string of the molecule is Cc1cc(C)cc(NC(=O)/C(C#N)=C\c2cccn2C)c1. The molecular weight excluding hydrogens is 262 g/mol. The molecule has 0 radical (unpaired) electrons. The average molecular weight is 279 g/mol. The van der Waals surface area contributed by atoms with Crippen molar-refractivity contribution in [2.45, 2.75) is 13.8 Å². The molecule has 0 fully saturated rings. The van der Waals surface area contributed by atoms with E-state index in [1.165, 1.54) is 0 Å². The van der Waals surface area contributed by atoms with Crippen LogP contribution in [0.2, 0.25) is 0 Å². The monoisotopic (exact) mass is 279 g/mol. The number of nitrogens with one attached hydrogen (secondary N) is 1. The first kappa shape index (κ1) is 14.6. The van der Waals surface area contributed by atoms with Gasteiger partial charge in [-0.2, -0.15) is 5.26 Å². The van der Waals surface area contributed by atoms with Crippen molar-refractivity contribution in [1.82, 2.24) is 4.57 Å². The number of aryl methyl sites for hydroxylation is 3. The van der Waals surface area contributed by atoms with Crippen molar-refractivity contribution in [3.63, 3.8) is 0 Å². The van der Waals surface area contributed by atoms with Gasteiger partial charge in [-0.3, -0.25) is 4.79 Å². The molecule has 1 N–H and O–H groups in total. The Labute approximate surface area is 124 Å². The van der Waals surface area contributed by atoms with Crippen LogP contribution in [0.3, 0.4) is 0 Å². The normalized spacial score (nSPS) is 11.0. The number of carbonyl (C=O) groups excluding carboxylic acids is 1. The molecule has 1 amide bonds. The molecule has 0 aliphatic carbocycles. The van der Waals surface area contributed by atoms with Gasteiger partial charge in [0.1, 0.15) is 11.6 Å². The molecule has 21 heavy (non-hydrogen) atoms. The molecule has 0 unspecified atom stereocenters. The topological polar surface area (TPSA) is 57.8 Å². The summed E-state index contributed by atoms with van der Waals surface area (Å²) in [6, 6.07) is 11.4. The Morgan fingerprint density at radius 1 is 1.29 bits per heavy atom. The van der Waals surface area contributed by atoms with Crippen molar-refractivity contribution in [2.24, 2.45) is 7.05 Å². The molecule has 4 heteroatoms. The lowest BCUT2D eigenvalue weighted by Gasteiger charge is -2.07. The second kappa shape index (κ2) is 6.10. The Morgan fingerprint density at radius 2 is 1.95 bits per heavy atom. The molecule has 2 aromatic rings. The summed E-state index contributed by atoms with van der Waals surface area (Å²) in [6.07, 6.45) is 3.45. The van der Waals surface area contributed by atoms with E-state index >= 15 is 0 Å². The maximum absolute atomic E-state index is 12.2. The highest BCUT2D eigenvalue weighted by atomic mass is 16.1. The van der Waals surface area contributed by atoms with E-state index in [1.54, 1.807) is 6.08 Å². The van der Waals surface area contributed by atoms with Crippen molar-refractivity contribution in [2.75, 3.05) is 5.32 Å². The Kier molecular flexibility index (Phi) is 4.24. The van der Waals surface area contributed by atoms with E-state index in [0.717, 1.165) is 16.8 Å². The van der Waals surface area contributed by atoms with Gasteiger partial charge in [0.2, 0.25) is 0 Å². The highest BCUT2D eigenvalue weighted by molar-refractivity contribution is 6.09. The largest absolute Gasteiger partial charge is 0.351 e. The Bertz CT molecular complexity index is 727. The lowest BCUT2D eigenvalue weighted by molar-refractivity contribution is -0.112. The van der Waals surface area contributed by atoms with Crippen LogP contribution in [0.1, 0.15) is 16.8 Å². The number of hydrogen-bond donors (Lipinski definition) is 1. The standard InChI is InChI=1S/C17H17N3O/c1-12-7-13(2)9-15(8-12)19-17(21)14(11-18)10-16-5-4-6-20(16)3/h4-10H,1-3H3,(H,19,21)/b14-10-. The molecule has 0 atom stereocenters. The number of carbonyl (C=O) groups is 1. The van der Waals surface area contributed by atoms with Gasteiger partial charge in [-0.15, -0.1) is 0 Å². The number of hydrogen-bond acceptors (Lipinski definition) is 2. The summed E-state index contributed by atoms with van der Waals surface area (Å²) in [5.74, 6) is -0.399. The van der Waals surface area contributed by atoms with E-state index in [9.17, 15) is 10.1 Å². The van der Waals surface area contributed by atoms with Gasteiger partial charge in [0.15, 0.2) is 0 Å². The fraction of sp³-hybridized carbons (Fsp3) is 0.176. The highest BCUT2D eigenvalue weighted by Crippen LogP contribution is 2.15. The van der Waals surface area contributed by atoms with Crippen LogP contribution in [0.25, 0.3) is 6.08 Å². The quantitative estimate of drug-likeness (QED) is 0.693. The molecule has 0 saturated carbocycles. The fourth-order valence-corrected chi connectivity index (χ4v) is 2.17. The number of anilines is 1. The number of benzene rings is 1. The Morgan fingerprint density at radius 3 is 2.48 bits per heavy atom. The molecule has 2 rings (SSSR count). The number of nitrogens with zero attached hydrogens (tertiary/aromatic N) is 2. The van der Waals surface area contributed by atoms with Crippen molar-refractivity contribution < 1.29 is 4.79 Å². The second-order valence-corrected chi connectivity index (χ2v) is 5.04. The van der Waals surface area contributed by atoms with Gasteiger partial charge in [-0.25, -0.2) is 0 Å². The smallest absolute Gasteiger partial charge is 0.266 e. The molecule has 0 aliphatic heterocycles. The third-order valence-corrected chi connectivity index (χ3v) is 3.12. The molecule has 106 valence electrons. The predicted molar refractivity (Wildman–Crippen MR) is 83.5 cm³/mol. The minimum Gasteiger partial charge on any atom is -0.351 e. The van der Waals surface area contributed by atoms with Crippen LogP contribution in [0.15, 0.2) is 42.1 Å². The van der Waals surface area contributed by atoms with Gasteiger partial charge >= 0.3 is 0 Å². The fourth-order valence-electron chi connectivity index (χ4n) is 2.17. The summed E-state index contributed by atoms with van der Waals surface area (Å²) in [5.41, 5.74) is 3.72. The zero-order chi connectivity index (χ0) is 15.4. The van der Waals surface area contributed by atoms with E-state index in [0.29, 0.717) is 5.69 Å². The first-order valence-electron chi connectivity index (χ1n) is 6.62. The first-order chi connectivity index (χ1) is 9.99. The number of amides is 1. The van der Waals surface area contributed by atoms with E-state index in [-0.39, 0.29) is 5.57 Å². The second-order valence-electron chi connectivity index (χ2n) is 5.04. The van der Waals surface area contributed by atoms with Gasteiger partial charge < -0.3 is 9.88 Å². The summed E-state index contributed by atoms with van der Waals surface area (Å²) in [6.45, 7) is 3.93. The maximum atomic E-state index is 12.2. The van der Waals surface area contributed by atoms with Gasteiger partial charge in [0, 0.05) is 24.6 Å². The summed E-state index contributed by atoms with van der Waals surface area (Å²) >= 11 is 0. The Balaban J connectivity index is 2.24. The zero-order valence-corrected chi connectivity index (χ0v) is 12.3. The molecular formula is C17H17N3O. The summed E-state index contributed by atoms with van der Waals surface area (Å²) < 4.78 is 1.85. The van der Waals surface area contributed by atoms with E-state index in [2.05, 4.69) is 5.32 Å². The minimum absolute atomic E-state index is 0.0796. The van der Waals surface area contributed by atoms with Crippen LogP contribution in [0, 0.1) is 25.2 Å².